The Morgan fingerprint density at radius 2 is 1.74 bits per heavy atom. The molecule has 3 fully saturated rings. The zero-order valence-corrected chi connectivity index (χ0v) is 35.9. The van der Waals surface area contributed by atoms with Crippen LogP contribution >= 0.6 is 0 Å². The van der Waals surface area contributed by atoms with E-state index in [0.717, 1.165) is 24.8 Å². The van der Waals surface area contributed by atoms with Gasteiger partial charge in [-0.3, -0.25) is 19.1 Å². The van der Waals surface area contributed by atoms with Crippen molar-refractivity contribution in [1.82, 2.24) is 25.2 Å². The number of alkyl carbamates (subject to hydrolysis) is 1. The molecule has 0 bridgehead atoms. The molecule has 2 saturated carbocycles. The lowest BCUT2D eigenvalue weighted by Crippen LogP contribution is -2.60. The van der Waals surface area contributed by atoms with Crippen LogP contribution in [0.15, 0.2) is 36.5 Å². The molecule has 0 radical (unpaired) electrons. The Labute approximate surface area is 354 Å². The van der Waals surface area contributed by atoms with E-state index in [1.807, 2.05) is 11.6 Å². The molecule has 0 spiro atoms. The molecule has 1 aromatic carbocycles. The Kier molecular flexibility index (Phi) is 12.6. The zero-order chi connectivity index (χ0) is 45.8. The van der Waals surface area contributed by atoms with Crippen molar-refractivity contribution >= 4 is 44.6 Å². The summed E-state index contributed by atoms with van der Waals surface area (Å²) in [6, 6.07) is 0.861. The number of nitrogens with zero attached hydrogens (tertiary/aromatic N) is 2. The van der Waals surface area contributed by atoms with E-state index >= 15 is 0 Å². The number of amides is 4. The minimum atomic E-state index is -4.82. The van der Waals surface area contributed by atoms with Gasteiger partial charge in [-0.05, 0) is 82.4 Å². The number of hydrogen-bond donors (Lipinski definition) is 3. The topological polar surface area (TPSA) is 182 Å². The first-order valence-electron chi connectivity index (χ1n) is 20.3. The molecule has 7 atom stereocenters. The van der Waals surface area contributed by atoms with Crippen molar-refractivity contribution in [2.75, 3.05) is 20.3 Å². The highest BCUT2D eigenvalue weighted by atomic mass is 32.2. The first kappa shape index (κ1) is 46.7. The van der Waals surface area contributed by atoms with Gasteiger partial charge in [0.15, 0.2) is 5.60 Å². The SMILES string of the molecule is COc1ccc2c(O[C@@H]3C[C@H]4C(=O)N[C@]5(C(=O)NS(=O)(=O)C6(CF)CC6)CC5/C=C\CC[C@H](C)C[C@@H](C)[C@H](NC(=O)OC(C)(C)C(C)(F)F)C(=O)N4C3)ncc(C(F)(F)F)c2c1. The maximum Gasteiger partial charge on any atom is 0.418 e. The smallest absolute Gasteiger partial charge is 0.418 e. The number of methoxy groups -OCH3 is 1. The van der Waals surface area contributed by atoms with Gasteiger partial charge in [-0.1, -0.05) is 26.0 Å². The molecule has 4 aliphatic rings. The van der Waals surface area contributed by atoms with Crippen molar-refractivity contribution in [3.8, 4) is 11.6 Å². The average molecular weight is 904 g/mol. The fourth-order valence-electron chi connectivity index (χ4n) is 8.03. The summed E-state index contributed by atoms with van der Waals surface area (Å²) in [6.45, 7) is 4.45. The van der Waals surface area contributed by atoms with Crippen LogP contribution in [0.1, 0.15) is 85.1 Å². The van der Waals surface area contributed by atoms with Crippen LogP contribution in [0, 0.1) is 17.8 Å². The molecule has 4 amide bonds. The summed E-state index contributed by atoms with van der Waals surface area (Å²) in [5.41, 5.74) is -5.24. The number of fused-ring (bicyclic) bond motifs is 3. The first-order chi connectivity index (χ1) is 28.8. The second kappa shape index (κ2) is 16.7. The number of carbonyl (C=O) groups excluding carboxylic acids is 4. The van der Waals surface area contributed by atoms with E-state index in [2.05, 4.69) is 15.6 Å². The lowest BCUT2D eigenvalue weighted by atomic mass is 9.88. The van der Waals surface area contributed by atoms with Gasteiger partial charge in [0.25, 0.3) is 11.8 Å². The molecule has 3 N–H and O–H groups in total. The summed E-state index contributed by atoms with van der Waals surface area (Å²) < 4.78 is 128. The van der Waals surface area contributed by atoms with Gasteiger partial charge in [-0.2, -0.15) is 13.2 Å². The third-order valence-electron chi connectivity index (χ3n) is 12.6. The molecule has 1 aromatic heterocycles. The number of nitrogens with one attached hydrogen (secondary N) is 3. The van der Waals surface area contributed by atoms with E-state index in [-0.39, 0.29) is 54.0 Å². The number of aromatic nitrogens is 1. The first-order valence-corrected chi connectivity index (χ1v) is 21.8. The Balaban J connectivity index is 1.38. The van der Waals surface area contributed by atoms with Gasteiger partial charge in [0.1, 0.15) is 40.9 Å². The van der Waals surface area contributed by atoms with E-state index in [9.17, 15) is 53.9 Å². The molecular formula is C41H51F6N5O9S. The van der Waals surface area contributed by atoms with E-state index < -0.39 is 111 Å². The van der Waals surface area contributed by atoms with E-state index in [4.69, 9.17) is 14.2 Å². The molecular weight excluding hydrogens is 853 g/mol. The lowest BCUT2D eigenvalue weighted by Gasteiger charge is -2.35. The number of allylic oxidation sites excluding steroid dienone is 1. The quantitative estimate of drug-likeness (QED) is 0.190. The summed E-state index contributed by atoms with van der Waals surface area (Å²) in [4.78, 5) is 61.6. The van der Waals surface area contributed by atoms with Crippen LogP contribution < -0.4 is 24.8 Å². The number of benzene rings is 1. The van der Waals surface area contributed by atoms with Crippen molar-refractivity contribution in [2.24, 2.45) is 17.8 Å². The second-order valence-electron chi connectivity index (χ2n) is 17.6. The van der Waals surface area contributed by atoms with Crippen LogP contribution in [0.2, 0.25) is 0 Å². The van der Waals surface area contributed by atoms with Crippen molar-refractivity contribution < 1.29 is 68.1 Å². The van der Waals surface area contributed by atoms with Gasteiger partial charge in [-0.25, -0.2) is 31.4 Å². The Morgan fingerprint density at radius 1 is 1.05 bits per heavy atom. The fourth-order valence-corrected chi connectivity index (χ4v) is 9.45. The molecule has 62 heavy (non-hydrogen) atoms. The third kappa shape index (κ3) is 9.27. The van der Waals surface area contributed by atoms with Crippen LogP contribution in [0.4, 0.5) is 31.1 Å². The number of alkyl halides is 6. The number of sulfonamides is 1. The largest absolute Gasteiger partial charge is 0.497 e. The predicted octanol–water partition coefficient (Wildman–Crippen LogP) is 5.97. The van der Waals surface area contributed by atoms with Crippen LogP contribution in [0.5, 0.6) is 11.6 Å². The predicted molar refractivity (Wildman–Crippen MR) is 211 cm³/mol. The molecule has 342 valence electrons. The Hall–Kier alpha value is -4.82. The molecule has 2 aromatic rings. The molecule has 3 heterocycles. The Bertz CT molecular complexity index is 2230. The van der Waals surface area contributed by atoms with E-state index in [1.165, 1.54) is 19.2 Å². The maximum atomic E-state index is 14.8. The average Bonchev–Trinajstić information content (AvgIpc) is 4.08. The van der Waals surface area contributed by atoms with Gasteiger partial charge in [-0.15, -0.1) is 0 Å². The molecule has 14 nitrogen and oxygen atoms in total. The summed E-state index contributed by atoms with van der Waals surface area (Å²) in [7, 11) is -3.24. The highest BCUT2D eigenvalue weighted by molar-refractivity contribution is 7.91. The number of carbonyl (C=O) groups is 4. The third-order valence-corrected chi connectivity index (χ3v) is 14.7. The minimum absolute atomic E-state index is 0.0102. The summed E-state index contributed by atoms with van der Waals surface area (Å²) in [5, 5.41) is 4.70. The van der Waals surface area contributed by atoms with Crippen molar-refractivity contribution in [2.45, 2.75) is 126 Å². The monoisotopic (exact) mass is 903 g/mol. The van der Waals surface area contributed by atoms with Crippen LogP contribution in [0.25, 0.3) is 10.8 Å². The second-order valence-corrected chi connectivity index (χ2v) is 19.7. The molecule has 1 unspecified atom stereocenters. The van der Waals surface area contributed by atoms with Crippen molar-refractivity contribution in [3.63, 3.8) is 0 Å². The van der Waals surface area contributed by atoms with Crippen molar-refractivity contribution in [1.29, 1.82) is 0 Å². The molecule has 6 rings (SSSR count). The zero-order valence-electron chi connectivity index (χ0n) is 35.0. The number of pyridine rings is 1. The number of rotatable bonds is 10. The highest BCUT2D eigenvalue weighted by Gasteiger charge is 2.64. The summed E-state index contributed by atoms with van der Waals surface area (Å²) in [6.07, 6.45) is -2.36. The number of hydrogen-bond acceptors (Lipinski definition) is 10. The Morgan fingerprint density at radius 3 is 2.35 bits per heavy atom. The number of ether oxygens (including phenoxy) is 3. The minimum Gasteiger partial charge on any atom is -0.497 e. The normalized spacial score (nSPS) is 28.6. The molecule has 1 saturated heterocycles. The van der Waals surface area contributed by atoms with E-state index in [0.29, 0.717) is 32.4 Å². The maximum absolute atomic E-state index is 14.8. The lowest BCUT2D eigenvalue weighted by molar-refractivity contribution is -0.152. The van der Waals surface area contributed by atoms with Crippen molar-refractivity contribution in [3.05, 3.63) is 42.1 Å². The van der Waals surface area contributed by atoms with E-state index in [1.54, 1.807) is 19.1 Å². The molecule has 21 heteroatoms. The summed E-state index contributed by atoms with van der Waals surface area (Å²) in [5.74, 6) is -8.09. The fraction of sp³-hybridized carbons (Fsp3) is 0.634. The standard InChI is InChI=1S/C41H51F6N5O9S/c1-22-9-7-8-10-24-18-40(24,35(55)51-62(57,58)39(21-42)13-14-39)50-32(53)30-17-26(60-33-27-12-11-25(59-6)16-28(27)29(19-48-33)41(45,46)47)20-52(30)34(54)31(23(2)15-22)49-36(56)61-37(3,4)38(5,43)44/h8,10-12,16,19,22-24,26,30-31H,7,9,13-15,17-18,20-21H2,1-6H3,(H,49,56)(H,50,53)(H,51,55)/b10-8-/t22-,23+,24?,26+,30-,31-,40+/m0/s1. The van der Waals surface area contributed by atoms with Gasteiger partial charge < -0.3 is 29.7 Å². The molecule has 2 aliphatic heterocycles. The van der Waals surface area contributed by atoms with Crippen LogP contribution in [-0.4, -0.2) is 102 Å². The van der Waals surface area contributed by atoms with Gasteiger partial charge >= 0.3 is 12.3 Å². The highest BCUT2D eigenvalue weighted by Crippen LogP contribution is 2.48. The van der Waals surface area contributed by atoms with Gasteiger partial charge in [0.05, 0.1) is 19.2 Å². The summed E-state index contributed by atoms with van der Waals surface area (Å²) >= 11 is 0. The molecule has 2 aliphatic carbocycles. The van der Waals surface area contributed by atoms with Crippen LogP contribution in [-0.2, 0) is 35.3 Å². The van der Waals surface area contributed by atoms with Gasteiger partial charge in [0.2, 0.25) is 27.7 Å². The van der Waals surface area contributed by atoms with Crippen LogP contribution in [0.3, 0.4) is 0 Å². The number of halogens is 6. The van der Waals surface area contributed by atoms with Gasteiger partial charge in [0, 0.05) is 36.2 Å².